The van der Waals surface area contributed by atoms with E-state index < -0.39 is 17.2 Å². The monoisotopic (exact) mass is 467 g/mol. The Balaban J connectivity index is 1.86. The standard InChI is InChI=1S/C25H33N5O4/c1-3-5-15-29(22-23(26)30(16-6-4-2)25(34)27-24(22)33)21(32)14-11-18-9-12-19(13-10-18)28-17-7-8-20(28)31/h9-14H,3-8,15-17,26H2,1-2H3,(H,27,33,34)/b14-11+. The fraction of sp³-hybridized carbons (Fsp3) is 0.440. The molecule has 0 aliphatic carbocycles. The molecule has 1 aromatic carbocycles. The summed E-state index contributed by atoms with van der Waals surface area (Å²) in [6, 6.07) is 7.39. The predicted molar refractivity (Wildman–Crippen MR) is 135 cm³/mol. The minimum absolute atomic E-state index is 0.000290. The molecule has 9 heteroatoms. The molecule has 2 heterocycles. The Morgan fingerprint density at radius 3 is 2.44 bits per heavy atom. The van der Waals surface area contributed by atoms with E-state index in [4.69, 9.17) is 5.73 Å². The molecule has 0 radical (unpaired) electrons. The third-order valence-electron chi connectivity index (χ3n) is 5.92. The lowest BCUT2D eigenvalue weighted by molar-refractivity contribution is -0.117. The predicted octanol–water partition coefficient (Wildman–Crippen LogP) is 2.89. The summed E-state index contributed by atoms with van der Waals surface area (Å²) in [5.41, 5.74) is 6.60. The van der Waals surface area contributed by atoms with Crippen molar-refractivity contribution < 1.29 is 9.59 Å². The quantitative estimate of drug-likeness (QED) is 0.521. The van der Waals surface area contributed by atoms with Gasteiger partial charge in [-0.1, -0.05) is 38.8 Å². The van der Waals surface area contributed by atoms with Crippen molar-refractivity contribution in [2.24, 2.45) is 0 Å². The molecule has 0 atom stereocenters. The van der Waals surface area contributed by atoms with Gasteiger partial charge in [0.15, 0.2) is 5.69 Å². The summed E-state index contributed by atoms with van der Waals surface area (Å²) in [6.45, 7) is 5.36. The van der Waals surface area contributed by atoms with Crippen LogP contribution in [0.1, 0.15) is 57.9 Å². The van der Waals surface area contributed by atoms with E-state index in [0.29, 0.717) is 25.9 Å². The maximum Gasteiger partial charge on any atom is 0.330 e. The van der Waals surface area contributed by atoms with E-state index in [-0.39, 0.29) is 17.4 Å². The van der Waals surface area contributed by atoms with Gasteiger partial charge in [0.25, 0.3) is 11.5 Å². The summed E-state index contributed by atoms with van der Waals surface area (Å²) in [5, 5.41) is 0. The number of benzene rings is 1. The van der Waals surface area contributed by atoms with Crippen LogP contribution in [0.2, 0.25) is 0 Å². The molecule has 0 unspecified atom stereocenters. The van der Waals surface area contributed by atoms with Crippen LogP contribution in [0.15, 0.2) is 39.9 Å². The molecular weight excluding hydrogens is 434 g/mol. The number of carbonyl (C=O) groups excluding carboxylic acids is 2. The van der Waals surface area contributed by atoms with E-state index in [0.717, 1.165) is 43.5 Å². The lowest BCUT2D eigenvalue weighted by Crippen LogP contribution is -2.41. The van der Waals surface area contributed by atoms with Gasteiger partial charge in [-0.05, 0) is 43.0 Å². The number of amides is 2. The first-order valence-corrected chi connectivity index (χ1v) is 11.9. The van der Waals surface area contributed by atoms with Crippen molar-refractivity contribution in [1.82, 2.24) is 9.55 Å². The average molecular weight is 468 g/mol. The maximum atomic E-state index is 13.1. The Morgan fingerprint density at radius 2 is 1.82 bits per heavy atom. The van der Waals surface area contributed by atoms with Gasteiger partial charge in [0.1, 0.15) is 5.82 Å². The summed E-state index contributed by atoms with van der Waals surface area (Å²) >= 11 is 0. The van der Waals surface area contributed by atoms with Crippen LogP contribution in [0.5, 0.6) is 0 Å². The van der Waals surface area contributed by atoms with E-state index in [1.54, 1.807) is 11.0 Å². The highest BCUT2D eigenvalue weighted by atomic mass is 16.2. The molecule has 3 rings (SSSR count). The summed E-state index contributed by atoms with van der Waals surface area (Å²) in [7, 11) is 0. The first kappa shape index (κ1) is 25.0. The van der Waals surface area contributed by atoms with Crippen molar-refractivity contribution in [3.63, 3.8) is 0 Å². The van der Waals surface area contributed by atoms with Gasteiger partial charge < -0.3 is 15.5 Å². The van der Waals surface area contributed by atoms with Crippen molar-refractivity contribution >= 4 is 35.1 Å². The molecule has 1 aliphatic heterocycles. The molecule has 1 aliphatic rings. The average Bonchev–Trinajstić information content (AvgIpc) is 3.25. The van der Waals surface area contributed by atoms with Crippen molar-refractivity contribution in [3.05, 3.63) is 56.7 Å². The van der Waals surface area contributed by atoms with Crippen LogP contribution in [-0.2, 0) is 16.1 Å². The number of H-pyrrole nitrogens is 1. The molecule has 2 amide bonds. The van der Waals surface area contributed by atoms with Crippen LogP contribution in [-0.4, -0.2) is 34.5 Å². The molecule has 1 fully saturated rings. The fourth-order valence-electron chi connectivity index (χ4n) is 3.97. The molecule has 9 nitrogen and oxygen atoms in total. The van der Waals surface area contributed by atoms with Crippen LogP contribution >= 0.6 is 0 Å². The van der Waals surface area contributed by atoms with Crippen LogP contribution < -0.4 is 26.8 Å². The molecule has 182 valence electrons. The fourth-order valence-corrected chi connectivity index (χ4v) is 3.97. The van der Waals surface area contributed by atoms with Crippen LogP contribution in [0.4, 0.5) is 17.2 Å². The number of anilines is 3. The number of aromatic nitrogens is 2. The molecule has 0 spiro atoms. The topological polar surface area (TPSA) is 121 Å². The first-order valence-electron chi connectivity index (χ1n) is 11.9. The molecule has 3 N–H and O–H groups in total. The van der Waals surface area contributed by atoms with E-state index in [1.807, 2.05) is 38.1 Å². The zero-order valence-electron chi connectivity index (χ0n) is 19.9. The second kappa shape index (κ2) is 11.5. The van der Waals surface area contributed by atoms with E-state index in [1.165, 1.54) is 15.5 Å². The SMILES string of the molecule is CCCCN(C(=O)/C=C/c1ccc(N2CCCC2=O)cc1)c1c(N)n(CCCC)c(=O)[nH]c1=O. The van der Waals surface area contributed by atoms with E-state index in [9.17, 15) is 19.2 Å². The third kappa shape index (κ3) is 5.65. The number of hydrogen-bond acceptors (Lipinski definition) is 5. The molecule has 0 saturated carbocycles. The minimum atomic E-state index is -0.673. The van der Waals surface area contributed by atoms with Gasteiger partial charge in [0.05, 0.1) is 0 Å². The van der Waals surface area contributed by atoms with Gasteiger partial charge in [0, 0.05) is 37.8 Å². The number of nitrogens with one attached hydrogen (secondary N) is 1. The van der Waals surface area contributed by atoms with Crippen LogP contribution in [0, 0.1) is 0 Å². The van der Waals surface area contributed by atoms with E-state index >= 15 is 0 Å². The number of carbonyl (C=O) groups is 2. The highest BCUT2D eigenvalue weighted by Crippen LogP contribution is 2.22. The van der Waals surface area contributed by atoms with Crippen LogP contribution in [0.25, 0.3) is 6.08 Å². The molecule has 2 aromatic rings. The summed E-state index contributed by atoms with van der Waals surface area (Å²) in [5.74, 6) is -0.280. The molecular formula is C25H33N5O4. The number of nitrogens with zero attached hydrogens (tertiary/aromatic N) is 3. The number of nitrogens with two attached hydrogens (primary N) is 1. The smallest absolute Gasteiger partial charge is 0.330 e. The molecule has 1 aromatic heterocycles. The largest absolute Gasteiger partial charge is 0.383 e. The number of rotatable bonds is 10. The number of unbranched alkanes of at least 4 members (excludes halogenated alkanes) is 2. The molecule has 0 bridgehead atoms. The van der Waals surface area contributed by atoms with Gasteiger partial charge in [-0.3, -0.25) is 23.9 Å². The molecule has 1 saturated heterocycles. The number of aromatic amines is 1. The van der Waals surface area contributed by atoms with Crippen molar-refractivity contribution in [2.45, 2.75) is 58.9 Å². The van der Waals surface area contributed by atoms with Crippen molar-refractivity contribution in [1.29, 1.82) is 0 Å². The molecule has 34 heavy (non-hydrogen) atoms. The minimum Gasteiger partial charge on any atom is -0.383 e. The van der Waals surface area contributed by atoms with Crippen LogP contribution in [0.3, 0.4) is 0 Å². The Bertz CT molecular complexity index is 1160. The zero-order chi connectivity index (χ0) is 24.7. The van der Waals surface area contributed by atoms with Crippen molar-refractivity contribution in [3.8, 4) is 0 Å². The highest BCUT2D eigenvalue weighted by molar-refractivity contribution is 6.05. The zero-order valence-corrected chi connectivity index (χ0v) is 19.9. The van der Waals surface area contributed by atoms with E-state index in [2.05, 4.69) is 4.98 Å². The van der Waals surface area contributed by atoms with Gasteiger partial charge >= 0.3 is 5.69 Å². The lowest BCUT2D eigenvalue weighted by atomic mass is 10.1. The summed E-state index contributed by atoms with van der Waals surface area (Å²) in [6.07, 6.45) is 7.54. The van der Waals surface area contributed by atoms with Gasteiger partial charge in [-0.15, -0.1) is 0 Å². The lowest BCUT2D eigenvalue weighted by Gasteiger charge is -2.23. The normalized spacial score (nSPS) is 13.7. The third-order valence-corrected chi connectivity index (χ3v) is 5.92. The Hall–Kier alpha value is -3.62. The number of hydrogen-bond donors (Lipinski definition) is 2. The number of nitrogen functional groups attached to an aromatic ring is 1. The maximum absolute atomic E-state index is 13.1. The highest BCUT2D eigenvalue weighted by Gasteiger charge is 2.23. The second-order valence-corrected chi connectivity index (χ2v) is 8.42. The van der Waals surface area contributed by atoms with Crippen molar-refractivity contribution in [2.75, 3.05) is 28.6 Å². The first-order chi connectivity index (χ1) is 16.4. The van der Waals surface area contributed by atoms with Gasteiger partial charge in [-0.2, -0.15) is 0 Å². The Kier molecular flexibility index (Phi) is 8.45. The Labute approximate surface area is 198 Å². The second-order valence-electron chi connectivity index (χ2n) is 8.42. The summed E-state index contributed by atoms with van der Waals surface area (Å²) < 4.78 is 1.31. The summed E-state index contributed by atoms with van der Waals surface area (Å²) in [4.78, 5) is 55.4. The van der Waals surface area contributed by atoms with Gasteiger partial charge in [0.2, 0.25) is 5.91 Å². The Morgan fingerprint density at radius 1 is 1.12 bits per heavy atom. The van der Waals surface area contributed by atoms with Gasteiger partial charge in [-0.25, -0.2) is 4.79 Å².